The molecule has 0 radical (unpaired) electrons. The first kappa shape index (κ1) is 17.3. The van der Waals surface area contributed by atoms with Gasteiger partial charge in [0.05, 0.1) is 13.2 Å². The molecule has 1 spiro atoms. The third-order valence-corrected chi connectivity index (χ3v) is 5.47. The van der Waals surface area contributed by atoms with Crippen LogP contribution in [0.5, 0.6) is 0 Å². The molecular weight excluding hydrogens is 328 g/mol. The van der Waals surface area contributed by atoms with Gasteiger partial charge in [0.25, 0.3) is 5.91 Å². The third kappa shape index (κ3) is 3.17. The van der Waals surface area contributed by atoms with Gasteiger partial charge < -0.3 is 18.9 Å². The summed E-state index contributed by atoms with van der Waals surface area (Å²) in [5, 5.41) is 0. The van der Waals surface area contributed by atoms with Gasteiger partial charge in [0.2, 0.25) is 0 Å². The lowest BCUT2D eigenvalue weighted by Crippen LogP contribution is -2.47. The van der Waals surface area contributed by atoms with Crippen molar-refractivity contribution in [1.82, 2.24) is 9.47 Å². The van der Waals surface area contributed by atoms with E-state index in [1.807, 2.05) is 15.5 Å². The fraction of sp³-hybridized carbons (Fsp3) is 0.476. The van der Waals surface area contributed by atoms with E-state index in [1.165, 1.54) is 5.56 Å². The van der Waals surface area contributed by atoms with Gasteiger partial charge in [-0.2, -0.15) is 0 Å². The Morgan fingerprint density at radius 1 is 1.08 bits per heavy atom. The fourth-order valence-corrected chi connectivity index (χ4v) is 3.85. The monoisotopic (exact) mass is 354 g/mol. The van der Waals surface area contributed by atoms with E-state index in [2.05, 4.69) is 44.3 Å². The molecule has 0 N–H and O–H groups in total. The zero-order valence-corrected chi connectivity index (χ0v) is 15.5. The molecule has 2 aliphatic heterocycles. The van der Waals surface area contributed by atoms with Crippen LogP contribution in [0.4, 0.5) is 0 Å². The lowest BCUT2D eigenvalue weighted by molar-refractivity contribution is -0.181. The fourth-order valence-electron chi connectivity index (χ4n) is 3.85. The Labute approximate surface area is 154 Å². The molecule has 5 heteroatoms. The lowest BCUT2D eigenvalue weighted by Gasteiger charge is -2.37. The number of aryl methyl sites for hydroxylation is 2. The largest absolute Gasteiger partial charge is 0.347 e. The summed E-state index contributed by atoms with van der Waals surface area (Å²) in [6.07, 6.45) is 3.57. The van der Waals surface area contributed by atoms with Crippen LogP contribution in [0, 0.1) is 6.92 Å². The van der Waals surface area contributed by atoms with Gasteiger partial charge in [0.1, 0.15) is 5.69 Å². The number of benzene rings is 1. The van der Waals surface area contributed by atoms with Crippen LogP contribution in [0.2, 0.25) is 0 Å². The Kier molecular flexibility index (Phi) is 4.59. The van der Waals surface area contributed by atoms with E-state index >= 15 is 0 Å². The molecule has 0 aliphatic carbocycles. The van der Waals surface area contributed by atoms with Crippen LogP contribution in [-0.4, -0.2) is 47.5 Å². The summed E-state index contributed by atoms with van der Waals surface area (Å²) in [6, 6.07) is 10.4. The molecule has 0 atom stereocenters. The molecule has 1 aromatic heterocycles. The van der Waals surface area contributed by atoms with Gasteiger partial charge in [-0.1, -0.05) is 29.8 Å². The molecule has 0 saturated carbocycles. The van der Waals surface area contributed by atoms with Crippen LogP contribution in [0.15, 0.2) is 36.5 Å². The van der Waals surface area contributed by atoms with Crippen LogP contribution >= 0.6 is 0 Å². The molecule has 1 aromatic carbocycles. The molecule has 4 rings (SSSR count). The highest BCUT2D eigenvalue weighted by molar-refractivity contribution is 5.94. The summed E-state index contributed by atoms with van der Waals surface area (Å²) in [5.74, 6) is -0.352. The predicted molar refractivity (Wildman–Crippen MR) is 100 cm³/mol. The highest BCUT2D eigenvalue weighted by Gasteiger charge is 2.41. The van der Waals surface area contributed by atoms with Crippen LogP contribution < -0.4 is 0 Å². The quantitative estimate of drug-likeness (QED) is 0.848. The SMILES string of the molecule is CCn1cc(-c2ccc(C)cc2)cc1C(=O)N1CCC2(CC1)OCCO2. The highest BCUT2D eigenvalue weighted by Crippen LogP contribution is 2.32. The van der Waals surface area contributed by atoms with Crippen LogP contribution in [0.25, 0.3) is 11.1 Å². The lowest BCUT2D eigenvalue weighted by atomic mass is 10.0. The zero-order valence-electron chi connectivity index (χ0n) is 15.5. The number of piperidine rings is 1. The van der Waals surface area contributed by atoms with Gasteiger partial charge in [0, 0.05) is 44.2 Å². The maximum atomic E-state index is 13.1. The predicted octanol–water partition coefficient (Wildman–Crippen LogP) is 3.46. The number of carbonyl (C=O) groups excluding carboxylic acids is 1. The van der Waals surface area contributed by atoms with Gasteiger partial charge in [-0.25, -0.2) is 0 Å². The van der Waals surface area contributed by atoms with Crippen molar-refractivity contribution in [2.45, 2.75) is 39.0 Å². The Morgan fingerprint density at radius 3 is 2.35 bits per heavy atom. The number of hydrogen-bond acceptors (Lipinski definition) is 3. The second-order valence-corrected chi connectivity index (χ2v) is 7.17. The van der Waals surface area contributed by atoms with Crippen molar-refractivity contribution in [3.63, 3.8) is 0 Å². The standard InChI is InChI=1S/C21H26N2O3/c1-3-22-15-18(17-6-4-16(2)5-7-17)14-19(22)20(24)23-10-8-21(9-11-23)25-12-13-26-21/h4-7,14-15H,3,8-13H2,1-2H3. The van der Waals surface area contributed by atoms with Crippen LogP contribution in [-0.2, 0) is 16.0 Å². The molecule has 2 aromatic rings. The average Bonchev–Trinajstić information content (AvgIpc) is 3.30. The van der Waals surface area contributed by atoms with Gasteiger partial charge in [-0.15, -0.1) is 0 Å². The normalized spacial score (nSPS) is 19.2. The molecule has 0 unspecified atom stereocenters. The molecule has 138 valence electrons. The van der Waals surface area contributed by atoms with Crippen molar-refractivity contribution in [1.29, 1.82) is 0 Å². The summed E-state index contributed by atoms with van der Waals surface area (Å²) in [7, 11) is 0. The van der Waals surface area contributed by atoms with E-state index in [4.69, 9.17) is 9.47 Å². The van der Waals surface area contributed by atoms with Crippen molar-refractivity contribution >= 4 is 5.91 Å². The number of carbonyl (C=O) groups is 1. The van der Waals surface area contributed by atoms with Crippen molar-refractivity contribution in [3.05, 3.63) is 47.8 Å². The van der Waals surface area contributed by atoms with Crippen molar-refractivity contribution < 1.29 is 14.3 Å². The third-order valence-electron chi connectivity index (χ3n) is 5.47. The molecule has 5 nitrogen and oxygen atoms in total. The van der Waals surface area contributed by atoms with E-state index < -0.39 is 5.79 Å². The second-order valence-electron chi connectivity index (χ2n) is 7.17. The maximum absolute atomic E-state index is 13.1. The first-order valence-electron chi connectivity index (χ1n) is 9.45. The minimum atomic E-state index is -0.448. The smallest absolute Gasteiger partial charge is 0.270 e. The number of likely N-dealkylation sites (tertiary alicyclic amines) is 1. The summed E-state index contributed by atoms with van der Waals surface area (Å²) < 4.78 is 13.6. The van der Waals surface area contributed by atoms with Crippen molar-refractivity contribution in [2.24, 2.45) is 0 Å². The topological polar surface area (TPSA) is 43.7 Å². The summed E-state index contributed by atoms with van der Waals surface area (Å²) in [6.45, 7) is 7.59. The van der Waals surface area contributed by atoms with E-state index in [-0.39, 0.29) is 5.91 Å². The molecule has 2 fully saturated rings. The number of amides is 1. The molecule has 3 heterocycles. The Morgan fingerprint density at radius 2 is 1.73 bits per heavy atom. The highest BCUT2D eigenvalue weighted by atomic mass is 16.7. The van der Waals surface area contributed by atoms with Gasteiger partial charge in [-0.3, -0.25) is 4.79 Å². The van der Waals surface area contributed by atoms with E-state index in [1.54, 1.807) is 0 Å². The van der Waals surface area contributed by atoms with E-state index in [9.17, 15) is 4.79 Å². The molecule has 26 heavy (non-hydrogen) atoms. The molecule has 0 bridgehead atoms. The van der Waals surface area contributed by atoms with Crippen LogP contribution in [0.1, 0.15) is 35.8 Å². The van der Waals surface area contributed by atoms with E-state index in [0.29, 0.717) is 26.3 Å². The molecule has 2 saturated heterocycles. The van der Waals surface area contributed by atoms with Crippen molar-refractivity contribution in [3.8, 4) is 11.1 Å². The summed E-state index contributed by atoms with van der Waals surface area (Å²) in [5.41, 5.74) is 4.22. The minimum Gasteiger partial charge on any atom is -0.347 e. The first-order valence-corrected chi connectivity index (χ1v) is 9.45. The second kappa shape index (κ2) is 6.89. The van der Waals surface area contributed by atoms with Gasteiger partial charge in [-0.05, 0) is 25.5 Å². The minimum absolute atomic E-state index is 0.0954. The van der Waals surface area contributed by atoms with Gasteiger partial charge >= 0.3 is 0 Å². The first-order chi connectivity index (χ1) is 12.6. The number of aromatic nitrogens is 1. The number of ether oxygens (including phenoxy) is 2. The van der Waals surface area contributed by atoms with Gasteiger partial charge in [0.15, 0.2) is 5.79 Å². The van der Waals surface area contributed by atoms with E-state index in [0.717, 1.165) is 36.2 Å². The summed E-state index contributed by atoms with van der Waals surface area (Å²) in [4.78, 5) is 15.0. The Hall–Kier alpha value is -2.11. The summed E-state index contributed by atoms with van der Waals surface area (Å²) >= 11 is 0. The maximum Gasteiger partial charge on any atom is 0.270 e. The van der Waals surface area contributed by atoms with Crippen LogP contribution in [0.3, 0.4) is 0 Å². The Bertz CT molecular complexity index is 778. The van der Waals surface area contributed by atoms with Crippen molar-refractivity contribution in [2.75, 3.05) is 26.3 Å². The number of nitrogens with zero attached hydrogens (tertiary/aromatic N) is 2. The number of hydrogen-bond donors (Lipinski definition) is 0. The zero-order chi connectivity index (χ0) is 18.1. The molecule has 1 amide bonds. The Balaban J connectivity index is 1.53. The average molecular weight is 354 g/mol. The molecule has 2 aliphatic rings. The molecular formula is C21H26N2O3. The number of rotatable bonds is 3.